The second-order valence-electron chi connectivity index (χ2n) is 4.96. The molecule has 0 saturated carbocycles. The van der Waals surface area contributed by atoms with Crippen molar-refractivity contribution in [2.75, 3.05) is 23.7 Å². The lowest BCUT2D eigenvalue weighted by atomic mass is 10.3. The molecule has 0 saturated heterocycles. The van der Waals surface area contributed by atoms with Crippen LogP contribution in [0.25, 0.3) is 0 Å². The number of sulfonamides is 1. The summed E-state index contributed by atoms with van der Waals surface area (Å²) in [6.07, 6.45) is 3.50. The van der Waals surface area contributed by atoms with Crippen molar-refractivity contribution in [1.29, 1.82) is 5.26 Å². The second-order valence-corrected chi connectivity index (χ2v) is 7.59. The number of para-hydroxylation sites is 2. The normalized spacial score (nSPS) is 11.7. The van der Waals surface area contributed by atoms with Gasteiger partial charge in [-0.15, -0.1) is 0 Å². The van der Waals surface area contributed by atoms with Gasteiger partial charge in [0, 0.05) is 0 Å². The van der Waals surface area contributed by atoms with E-state index < -0.39 is 10.0 Å². The maximum absolute atomic E-state index is 13.2. The molecular formula is C17H18N4O3S2. The molecule has 0 fully saturated rings. The van der Waals surface area contributed by atoms with E-state index in [0.29, 0.717) is 5.69 Å². The molecule has 0 aliphatic rings. The molecule has 2 rings (SSSR count). The van der Waals surface area contributed by atoms with Gasteiger partial charge in [-0.1, -0.05) is 42.1 Å². The Kier molecular flexibility index (Phi) is 7.03. The highest BCUT2D eigenvalue weighted by molar-refractivity contribution is 8.13. The maximum Gasteiger partial charge on any atom is 0.266 e. The monoisotopic (exact) mass is 390 g/mol. The summed E-state index contributed by atoms with van der Waals surface area (Å²) >= 11 is 1.19. The molecule has 0 radical (unpaired) electrons. The molecule has 2 N–H and O–H groups in total. The van der Waals surface area contributed by atoms with Crippen LogP contribution in [0.1, 0.15) is 0 Å². The van der Waals surface area contributed by atoms with E-state index in [1.54, 1.807) is 61.0 Å². The summed E-state index contributed by atoms with van der Waals surface area (Å²) < 4.78 is 27.6. The van der Waals surface area contributed by atoms with Gasteiger partial charge in [-0.2, -0.15) is 5.26 Å². The fraction of sp³-hybridized carbons (Fsp3) is 0.176. The van der Waals surface area contributed by atoms with Crippen molar-refractivity contribution < 1.29 is 13.5 Å². The van der Waals surface area contributed by atoms with E-state index in [9.17, 15) is 13.5 Å². The van der Waals surface area contributed by atoms with Gasteiger partial charge in [0.1, 0.15) is 4.90 Å². The third-order valence-electron chi connectivity index (χ3n) is 3.36. The number of rotatable bonds is 6. The van der Waals surface area contributed by atoms with Gasteiger partial charge in [0.25, 0.3) is 10.0 Å². The average molecular weight is 390 g/mol. The van der Waals surface area contributed by atoms with Crippen LogP contribution in [-0.4, -0.2) is 38.1 Å². The van der Waals surface area contributed by atoms with E-state index in [0.717, 1.165) is 4.31 Å². The quantitative estimate of drug-likeness (QED) is 0.339. The number of hydrogen-bond acceptors (Lipinski definition) is 6. The van der Waals surface area contributed by atoms with Gasteiger partial charge in [-0.05, 0) is 30.5 Å². The number of aliphatic hydroxyl groups excluding tert-OH is 1. The molecule has 0 bridgehead atoms. The van der Waals surface area contributed by atoms with Crippen LogP contribution < -0.4 is 9.62 Å². The van der Waals surface area contributed by atoms with Crippen molar-refractivity contribution in [2.45, 2.75) is 4.90 Å². The Balaban J connectivity index is 2.57. The van der Waals surface area contributed by atoms with Crippen LogP contribution in [0.3, 0.4) is 0 Å². The zero-order valence-corrected chi connectivity index (χ0v) is 15.7. The molecule has 0 atom stereocenters. The Bertz CT molecular complexity index is 909. The van der Waals surface area contributed by atoms with Gasteiger partial charge in [-0.3, -0.25) is 9.62 Å². The summed E-state index contributed by atoms with van der Waals surface area (Å²) in [6.45, 7) is -0.415. The van der Waals surface area contributed by atoms with Crippen molar-refractivity contribution >= 4 is 38.3 Å². The number of anilines is 1. The van der Waals surface area contributed by atoms with Gasteiger partial charge in [0.2, 0.25) is 0 Å². The minimum Gasteiger partial charge on any atom is -0.394 e. The first kappa shape index (κ1) is 19.8. The van der Waals surface area contributed by atoms with E-state index in [-0.39, 0.29) is 28.9 Å². The Morgan fingerprint density at radius 2 is 1.88 bits per heavy atom. The number of benzene rings is 2. The molecule has 0 aromatic heterocycles. The third kappa shape index (κ3) is 4.54. The topological polar surface area (TPSA) is 106 Å². The van der Waals surface area contributed by atoms with Crippen LogP contribution in [0.5, 0.6) is 0 Å². The number of nitriles is 1. The van der Waals surface area contributed by atoms with Crippen molar-refractivity contribution in [3.05, 3.63) is 54.6 Å². The first-order chi connectivity index (χ1) is 12.5. The maximum atomic E-state index is 13.2. The molecular weight excluding hydrogens is 372 g/mol. The molecule has 136 valence electrons. The summed E-state index contributed by atoms with van der Waals surface area (Å²) in [7, 11) is -3.97. The number of aliphatic hydroxyl groups is 1. The lowest BCUT2D eigenvalue weighted by Gasteiger charge is -2.24. The van der Waals surface area contributed by atoms with Crippen LogP contribution in [-0.2, 0) is 10.0 Å². The summed E-state index contributed by atoms with van der Waals surface area (Å²) in [5.74, 6) is 0. The van der Waals surface area contributed by atoms with Gasteiger partial charge >= 0.3 is 0 Å². The van der Waals surface area contributed by atoms with Gasteiger partial charge in [0.05, 0.1) is 24.5 Å². The molecule has 26 heavy (non-hydrogen) atoms. The number of hydrogen-bond donors (Lipinski definition) is 2. The van der Waals surface area contributed by atoms with Gasteiger partial charge in [-0.25, -0.2) is 13.4 Å². The van der Waals surface area contributed by atoms with Crippen molar-refractivity contribution in [3.63, 3.8) is 0 Å². The Hall–Kier alpha value is -2.54. The minimum atomic E-state index is -3.97. The van der Waals surface area contributed by atoms with E-state index in [1.165, 1.54) is 17.8 Å². The summed E-state index contributed by atoms with van der Waals surface area (Å²) in [5.41, 5.74) is 0.652. The fourth-order valence-corrected chi connectivity index (χ4v) is 4.17. The molecule has 0 unspecified atom stereocenters. The van der Waals surface area contributed by atoms with Crippen LogP contribution in [0.2, 0.25) is 0 Å². The van der Waals surface area contributed by atoms with Crippen LogP contribution in [0.4, 0.5) is 11.4 Å². The van der Waals surface area contributed by atoms with E-state index in [2.05, 4.69) is 10.3 Å². The molecule has 0 spiro atoms. The van der Waals surface area contributed by atoms with E-state index >= 15 is 0 Å². The van der Waals surface area contributed by atoms with Gasteiger partial charge in [0.15, 0.2) is 11.4 Å². The highest BCUT2D eigenvalue weighted by Crippen LogP contribution is 2.30. The molecule has 2 aromatic carbocycles. The first-order valence-corrected chi connectivity index (χ1v) is 10.3. The Morgan fingerprint density at radius 1 is 1.23 bits per heavy atom. The Labute approximate surface area is 157 Å². The highest BCUT2D eigenvalue weighted by Gasteiger charge is 2.27. The van der Waals surface area contributed by atoms with Crippen molar-refractivity contribution in [2.24, 2.45) is 4.99 Å². The van der Waals surface area contributed by atoms with Crippen LogP contribution in [0, 0.1) is 11.5 Å². The fourth-order valence-electron chi connectivity index (χ4n) is 2.24. The van der Waals surface area contributed by atoms with Crippen LogP contribution >= 0.6 is 11.8 Å². The second kappa shape index (κ2) is 9.24. The summed E-state index contributed by atoms with van der Waals surface area (Å²) in [5, 5.41) is 20.8. The number of nitrogens with zero attached hydrogens (tertiary/aromatic N) is 3. The average Bonchev–Trinajstić information content (AvgIpc) is 2.66. The molecule has 9 heteroatoms. The molecule has 7 nitrogen and oxygen atoms in total. The van der Waals surface area contributed by atoms with Crippen molar-refractivity contribution in [3.8, 4) is 6.19 Å². The first-order valence-electron chi connectivity index (χ1n) is 7.60. The highest BCUT2D eigenvalue weighted by atomic mass is 32.2. The lowest BCUT2D eigenvalue weighted by Crippen LogP contribution is -2.33. The van der Waals surface area contributed by atoms with E-state index in [1.807, 2.05) is 0 Å². The predicted octanol–water partition coefficient (Wildman–Crippen LogP) is 2.30. The minimum absolute atomic E-state index is 0.0106. The molecule has 2 aromatic rings. The molecule has 0 aliphatic heterocycles. The predicted molar refractivity (Wildman–Crippen MR) is 104 cm³/mol. The van der Waals surface area contributed by atoms with E-state index in [4.69, 9.17) is 5.26 Å². The Morgan fingerprint density at radius 3 is 2.50 bits per heavy atom. The number of aliphatic imine (C=N–C) groups is 1. The van der Waals surface area contributed by atoms with Crippen LogP contribution in [0.15, 0.2) is 64.5 Å². The smallest absolute Gasteiger partial charge is 0.266 e. The lowest BCUT2D eigenvalue weighted by molar-refractivity contribution is 0.306. The molecule has 0 aliphatic carbocycles. The zero-order valence-electron chi connectivity index (χ0n) is 14.0. The summed E-state index contributed by atoms with van der Waals surface area (Å²) in [6, 6.07) is 14.8. The SMILES string of the molecule is CSC(=Nc1ccccc1S(=O)(=O)N(CCO)c1ccccc1)NC#N. The number of nitrogens with one attached hydrogen (secondary N) is 1. The zero-order chi connectivity index (χ0) is 19.0. The van der Waals surface area contributed by atoms with Gasteiger partial charge < -0.3 is 5.11 Å². The number of amidine groups is 1. The summed E-state index contributed by atoms with van der Waals surface area (Å²) in [4.78, 5) is 4.24. The molecule has 0 amide bonds. The third-order valence-corrected chi connectivity index (χ3v) is 5.81. The number of thioether (sulfide) groups is 1. The standard InChI is InChI=1S/C17H18N4O3S2/c1-25-17(19-13-18)20-15-9-5-6-10-16(15)26(23,24)21(11-12-22)14-7-3-2-4-8-14/h2-10,22H,11-12H2,1H3,(H,19,20). The van der Waals surface area contributed by atoms with Crippen molar-refractivity contribution in [1.82, 2.24) is 5.32 Å². The molecule has 0 heterocycles. The largest absolute Gasteiger partial charge is 0.394 e.